The van der Waals surface area contributed by atoms with Crippen LogP contribution >= 0.6 is 0 Å². The summed E-state index contributed by atoms with van der Waals surface area (Å²) in [5.41, 5.74) is 7.16. The van der Waals surface area contributed by atoms with E-state index in [0.717, 1.165) is 47.3 Å². The van der Waals surface area contributed by atoms with Crippen molar-refractivity contribution in [2.45, 2.75) is 52.3 Å². The second-order valence-electron chi connectivity index (χ2n) is 8.27. The molecule has 2 N–H and O–H groups in total. The second-order valence-corrected chi connectivity index (χ2v) is 8.27. The third-order valence-electron chi connectivity index (χ3n) is 6.19. The van der Waals surface area contributed by atoms with Gasteiger partial charge in [0.15, 0.2) is 0 Å². The van der Waals surface area contributed by atoms with Gasteiger partial charge in [0.1, 0.15) is 11.5 Å². The van der Waals surface area contributed by atoms with Gasteiger partial charge in [-0.25, -0.2) is 4.98 Å². The Bertz CT molecular complexity index is 1280. The molecular weight excluding hydrogens is 376 g/mol. The number of aliphatic hydroxyl groups is 1. The topological polar surface area (TPSA) is 75.6 Å². The normalized spacial score (nSPS) is 16.4. The minimum atomic E-state index is -0.607. The first-order valence-corrected chi connectivity index (χ1v) is 10.5. The zero-order valence-electron chi connectivity index (χ0n) is 17.3. The number of para-hydroxylation sites is 2. The van der Waals surface area contributed by atoms with E-state index >= 15 is 0 Å². The summed E-state index contributed by atoms with van der Waals surface area (Å²) in [5.74, 6) is 0.892. The molecule has 2 heterocycles. The number of oxime groups is 1. The fourth-order valence-corrected chi connectivity index (χ4v) is 4.86. The summed E-state index contributed by atoms with van der Waals surface area (Å²) in [6.07, 6.45) is 2.08. The van der Waals surface area contributed by atoms with Crippen LogP contribution in [0.15, 0.2) is 47.6 Å². The van der Waals surface area contributed by atoms with Gasteiger partial charge in [-0.1, -0.05) is 28.9 Å². The lowest BCUT2D eigenvalue weighted by molar-refractivity contribution is 0.136. The standard InChI is InChI=1S/C24H26N4O2/c1-15-10-11-22-19(12-15)18-6-5-8-21(26-30)24(18)28(22)14-17(29)13-27-16(2)25-20-7-3-4-9-23(20)27/h3-4,7,9-12,17,29-30H,5-6,8,13-14H2,1-2H3/t17-/m0/s1. The van der Waals surface area contributed by atoms with Crippen LogP contribution in [0.2, 0.25) is 0 Å². The number of hydrogen-bond donors (Lipinski definition) is 2. The Hall–Kier alpha value is -3.12. The summed E-state index contributed by atoms with van der Waals surface area (Å²) >= 11 is 0. The van der Waals surface area contributed by atoms with Crippen LogP contribution in [-0.4, -0.2) is 36.2 Å². The Balaban J connectivity index is 1.56. The Morgan fingerprint density at radius 3 is 2.67 bits per heavy atom. The highest BCUT2D eigenvalue weighted by molar-refractivity contribution is 6.06. The molecule has 5 rings (SSSR count). The molecule has 1 aliphatic carbocycles. The summed E-state index contributed by atoms with van der Waals surface area (Å²) in [4.78, 5) is 4.61. The highest BCUT2D eigenvalue weighted by Gasteiger charge is 2.26. The molecule has 6 heteroatoms. The highest BCUT2D eigenvalue weighted by Crippen LogP contribution is 2.33. The minimum Gasteiger partial charge on any atom is -0.411 e. The second kappa shape index (κ2) is 7.29. The van der Waals surface area contributed by atoms with Crippen LogP contribution in [0.5, 0.6) is 0 Å². The SMILES string of the molecule is Cc1ccc2c(c1)c1c(n2C[C@@H](O)Cn2c(C)nc3ccccc32)C(=NO)CCC1. The molecule has 30 heavy (non-hydrogen) atoms. The Morgan fingerprint density at radius 2 is 1.83 bits per heavy atom. The van der Waals surface area contributed by atoms with Gasteiger partial charge < -0.3 is 19.4 Å². The molecule has 0 fully saturated rings. The van der Waals surface area contributed by atoms with Gasteiger partial charge in [0.05, 0.1) is 35.9 Å². The third kappa shape index (κ3) is 2.99. The molecule has 0 saturated carbocycles. The van der Waals surface area contributed by atoms with Gasteiger partial charge in [-0.15, -0.1) is 0 Å². The van der Waals surface area contributed by atoms with Gasteiger partial charge in [0, 0.05) is 10.9 Å². The number of rotatable bonds is 4. The van der Waals surface area contributed by atoms with Gasteiger partial charge in [-0.2, -0.15) is 0 Å². The van der Waals surface area contributed by atoms with Crippen molar-refractivity contribution in [3.8, 4) is 0 Å². The van der Waals surface area contributed by atoms with Gasteiger partial charge >= 0.3 is 0 Å². The molecule has 0 bridgehead atoms. The van der Waals surface area contributed by atoms with E-state index in [-0.39, 0.29) is 0 Å². The number of benzene rings is 2. The molecule has 2 aromatic carbocycles. The molecule has 4 aromatic rings. The Labute approximate surface area is 175 Å². The molecule has 0 aliphatic heterocycles. The summed E-state index contributed by atoms with van der Waals surface area (Å²) in [5, 5.41) is 25.5. The number of aliphatic hydroxyl groups excluding tert-OH is 1. The monoisotopic (exact) mass is 402 g/mol. The molecule has 0 unspecified atom stereocenters. The third-order valence-corrected chi connectivity index (χ3v) is 6.19. The maximum absolute atomic E-state index is 11.1. The van der Waals surface area contributed by atoms with Gasteiger partial charge in [0.2, 0.25) is 0 Å². The predicted molar refractivity (Wildman–Crippen MR) is 118 cm³/mol. The summed E-state index contributed by atoms with van der Waals surface area (Å²) < 4.78 is 4.21. The van der Waals surface area contributed by atoms with Crippen molar-refractivity contribution in [1.29, 1.82) is 0 Å². The van der Waals surface area contributed by atoms with Crippen molar-refractivity contribution < 1.29 is 10.3 Å². The fraction of sp³-hybridized carbons (Fsp3) is 0.333. The quantitative estimate of drug-likeness (QED) is 0.397. The lowest BCUT2D eigenvalue weighted by atomic mass is 9.93. The maximum atomic E-state index is 11.1. The zero-order chi connectivity index (χ0) is 20.8. The van der Waals surface area contributed by atoms with Crippen LogP contribution < -0.4 is 0 Å². The number of nitrogens with zero attached hydrogens (tertiary/aromatic N) is 4. The summed E-state index contributed by atoms with van der Waals surface area (Å²) in [6, 6.07) is 14.4. The lowest BCUT2D eigenvalue weighted by Gasteiger charge is -2.20. The molecule has 0 saturated heterocycles. The van der Waals surface area contributed by atoms with Crippen LogP contribution in [0.1, 0.15) is 35.5 Å². The molecule has 6 nitrogen and oxygen atoms in total. The number of aryl methyl sites for hydroxylation is 3. The molecule has 1 aliphatic rings. The van der Waals surface area contributed by atoms with E-state index < -0.39 is 6.10 Å². The number of aromatic nitrogens is 3. The lowest BCUT2D eigenvalue weighted by Crippen LogP contribution is -2.26. The van der Waals surface area contributed by atoms with Crippen LogP contribution in [0.3, 0.4) is 0 Å². The summed E-state index contributed by atoms with van der Waals surface area (Å²) in [7, 11) is 0. The predicted octanol–water partition coefficient (Wildman–Crippen LogP) is 4.18. The minimum absolute atomic E-state index is 0.430. The fourth-order valence-electron chi connectivity index (χ4n) is 4.86. The van der Waals surface area contributed by atoms with E-state index in [9.17, 15) is 10.3 Å². The first-order chi connectivity index (χ1) is 14.6. The van der Waals surface area contributed by atoms with Gasteiger partial charge in [-0.05, 0) is 62.9 Å². The van der Waals surface area contributed by atoms with Crippen LogP contribution in [0, 0.1) is 13.8 Å². The zero-order valence-corrected chi connectivity index (χ0v) is 17.3. The van der Waals surface area contributed by atoms with E-state index in [0.29, 0.717) is 18.8 Å². The molecule has 154 valence electrons. The van der Waals surface area contributed by atoms with Crippen LogP contribution in [0.4, 0.5) is 0 Å². The smallest absolute Gasteiger partial charge is 0.106 e. The molecular formula is C24H26N4O2. The summed E-state index contributed by atoms with van der Waals surface area (Å²) in [6.45, 7) is 4.95. The molecule has 0 radical (unpaired) electrons. The Morgan fingerprint density at radius 1 is 1.03 bits per heavy atom. The van der Waals surface area contributed by atoms with Gasteiger partial charge in [-0.3, -0.25) is 0 Å². The maximum Gasteiger partial charge on any atom is 0.106 e. The number of fused-ring (bicyclic) bond motifs is 4. The van der Waals surface area contributed by atoms with Crippen molar-refractivity contribution in [2.24, 2.45) is 5.16 Å². The van der Waals surface area contributed by atoms with E-state index in [1.165, 1.54) is 16.5 Å². The van der Waals surface area contributed by atoms with E-state index in [1.54, 1.807) is 0 Å². The van der Waals surface area contributed by atoms with Crippen molar-refractivity contribution >= 4 is 27.6 Å². The van der Waals surface area contributed by atoms with Crippen molar-refractivity contribution in [3.63, 3.8) is 0 Å². The first kappa shape index (κ1) is 18.9. The first-order valence-electron chi connectivity index (χ1n) is 10.5. The molecule has 0 amide bonds. The van der Waals surface area contributed by atoms with Crippen molar-refractivity contribution in [3.05, 3.63) is 65.1 Å². The molecule has 1 atom stereocenters. The number of imidazole rings is 1. The molecule has 0 spiro atoms. The highest BCUT2D eigenvalue weighted by atomic mass is 16.4. The molecule has 2 aromatic heterocycles. The van der Waals surface area contributed by atoms with Crippen molar-refractivity contribution in [2.75, 3.05) is 0 Å². The largest absolute Gasteiger partial charge is 0.411 e. The van der Waals surface area contributed by atoms with E-state index in [1.807, 2.05) is 31.2 Å². The van der Waals surface area contributed by atoms with Gasteiger partial charge in [0.25, 0.3) is 0 Å². The van der Waals surface area contributed by atoms with E-state index in [2.05, 4.69) is 44.4 Å². The van der Waals surface area contributed by atoms with Crippen LogP contribution in [-0.2, 0) is 19.5 Å². The van der Waals surface area contributed by atoms with E-state index in [4.69, 9.17) is 0 Å². The van der Waals surface area contributed by atoms with Crippen LogP contribution in [0.25, 0.3) is 21.9 Å². The Kier molecular flexibility index (Phi) is 4.59. The van der Waals surface area contributed by atoms with Crippen molar-refractivity contribution in [1.82, 2.24) is 14.1 Å². The average molecular weight is 402 g/mol. The number of hydrogen-bond acceptors (Lipinski definition) is 4. The average Bonchev–Trinajstić information content (AvgIpc) is 3.22.